The van der Waals surface area contributed by atoms with Crippen molar-refractivity contribution in [3.63, 3.8) is 0 Å². The first-order valence-corrected chi connectivity index (χ1v) is 13.1. The van der Waals surface area contributed by atoms with Crippen molar-refractivity contribution in [2.45, 2.75) is 39.2 Å². The summed E-state index contributed by atoms with van der Waals surface area (Å²) >= 11 is 0. The number of hydrogen-bond acceptors (Lipinski definition) is 8. The molecule has 9 heteroatoms. The monoisotopic (exact) mass is 538 g/mol. The number of ether oxygens (including phenoxy) is 4. The number of methoxy groups -OCH3 is 2. The molecule has 5 aromatic rings. The fourth-order valence-corrected chi connectivity index (χ4v) is 5.17. The third-order valence-corrected chi connectivity index (χ3v) is 7.12. The summed E-state index contributed by atoms with van der Waals surface area (Å²) in [6, 6.07) is 17.1. The number of aromatic hydroxyl groups is 1. The highest BCUT2D eigenvalue weighted by molar-refractivity contribution is 5.67. The molecule has 2 aromatic heterocycles. The minimum atomic E-state index is -0.322. The molecule has 0 saturated heterocycles. The number of nitrogens with zero attached hydrogens (tertiary/aromatic N) is 4. The molecule has 1 N–H and O–H groups in total. The van der Waals surface area contributed by atoms with Crippen LogP contribution < -0.4 is 18.9 Å². The molecule has 0 saturated carbocycles. The number of aromatic nitrogens is 4. The van der Waals surface area contributed by atoms with Gasteiger partial charge in [-0.05, 0) is 53.8 Å². The third-order valence-electron chi connectivity index (χ3n) is 7.12. The van der Waals surface area contributed by atoms with Gasteiger partial charge in [0, 0.05) is 17.5 Å². The maximum atomic E-state index is 10.2. The lowest BCUT2D eigenvalue weighted by molar-refractivity contribution is 0.291. The molecular weight excluding hydrogens is 508 g/mol. The van der Waals surface area contributed by atoms with Gasteiger partial charge in [0.05, 0.1) is 19.8 Å². The Morgan fingerprint density at radius 3 is 2.58 bits per heavy atom. The van der Waals surface area contributed by atoms with Crippen LogP contribution in [0.1, 0.15) is 59.3 Å². The average molecular weight is 539 g/mol. The normalized spacial score (nSPS) is 14.0. The van der Waals surface area contributed by atoms with Crippen LogP contribution in [-0.4, -0.2) is 38.9 Å². The largest absolute Gasteiger partial charge is 0.508 e. The van der Waals surface area contributed by atoms with Crippen LogP contribution in [0, 0.1) is 6.92 Å². The SMILES string of the molecule is COc1ccc([C@@H]2c3ccc(O)cc3Oc3ncn4nc(COc5cc(C)ccc5C(C)C)nc4c32)cc1OC. The van der Waals surface area contributed by atoms with Gasteiger partial charge in [0.25, 0.3) is 0 Å². The molecule has 0 radical (unpaired) electrons. The molecule has 204 valence electrons. The summed E-state index contributed by atoms with van der Waals surface area (Å²) in [6.07, 6.45) is 1.58. The zero-order valence-corrected chi connectivity index (χ0v) is 23.0. The molecule has 1 atom stereocenters. The maximum absolute atomic E-state index is 10.2. The molecule has 0 bridgehead atoms. The molecule has 3 heterocycles. The summed E-state index contributed by atoms with van der Waals surface area (Å²) in [5.74, 6) is 3.59. The molecular formula is C31H30N4O5. The van der Waals surface area contributed by atoms with Crippen LogP contribution in [0.4, 0.5) is 0 Å². The van der Waals surface area contributed by atoms with Gasteiger partial charge in [-0.1, -0.05) is 38.1 Å². The summed E-state index contributed by atoms with van der Waals surface area (Å²) in [5.41, 5.74) is 5.40. The number of fused-ring (bicyclic) bond motifs is 4. The van der Waals surface area contributed by atoms with E-state index in [1.54, 1.807) is 37.2 Å². The Labute approximate surface area is 232 Å². The minimum Gasteiger partial charge on any atom is -0.508 e. The van der Waals surface area contributed by atoms with Gasteiger partial charge in [0.2, 0.25) is 5.88 Å². The Morgan fingerprint density at radius 2 is 1.80 bits per heavy atom. The van der Waals surface area contributed by atoms with E-state index >= 15 is 0 Å². The van der Waals surface area contributed by atoms with Crippen molar-refractivity contribution in [2.24, 2.45) is 0 Å². The van der Waals surface area contributed by atoms with Crippen LogP contribution in [0.25, 0.3) is 5.65 Å². The molecule has 0 aliphatic carbocycles. The fraction of sp³-hybridized carbons (Fsp3) is 0.258. The predicted octanol–water partition coefficient (Wildman–Crippen LogP) is 6.14. The van der Waals surface area contributed by atoms with Gasteiger partial charge < -0.3 is 24.1 Å². The number of phenolic OH excluding ortho intramolecular Hbond substituents is 1. The second-order valence-corrected chi connectivity index (χ2v) is 10.1. The van der Waals surface area contributed by atoms with E-state index in [4.69, 9.17) is 23.9 Å². The van der Waals surface area contributed by atoms with E-state index in [1.807, 2.05) is 37.3 Å². The van der Waals surface area contributed by atoms with Crippen molar-refractivity contribution < 1.29 is 24.1 Å². The molecule has 1 aliphatic heterocycles. The van der Waals surface area contributed by atoms with E-state index in [2.05, 4.69) is 36.1 Å². The van der Waals surface area contributed by atoms with E-state index in [0.717, 1.165) is 33.6 Å². The van der Waals surface area contributed by atoms with Crippen LogP contribution >= 0.6 is 0 Å². The standard InChI is InChI=1S/C31H30N4O5/c1-17(2)21-9-6-18(3)12-24(21)39-15-27-33-30-29-28(19-7-11-23(37-4)26(13-19)38-5)22-10-8-20(36)14-25(22)40-31(29)32-16-35(30)34-27/h6-14,16-17,28,36H,15H2,1-5H3/t28-/m1/s1. The van der Waals surface area contributed by atoms with Gasteiger partial charge in [-0.25, -0.2) is 14.5 Å². The molecule has 0 spiro atoms. The van der Waals surface area contributed by atoms with Gasteiger partial charge in [0.1, 0.15) is 30.2 Å². The molecule has 9 nitrogen and oxygen atoms in total. The lowest BCUT2D eigenvalue weighted by Crippen LogP contribution is -2.15. The Kier molecular flexibility index (Phi) is 6.42. The van der Waals surface area contributed by atoms with Gasteiger partial charge >= 0.3 is 0 Å². The Bertz CT molecular complexity index is 1730. The van der Waals surface area contributed by atoms with Crippen LogP contribution in [-0.2, 0) is 6.61 Å². The molecule has 0 unspecified atom stereocenters. The first kappa shape index (κ1) is 25.5. The fourth-order valence-electron chi connectivity index (χ4n) is 5.17. The van der Waals surface area contributed by atoms with E-state index in [1.165, 1.54) is 0 Å². The zero-order valence-electron chi connectivity index (χ0n) is 23.0. The number of rotatable bonds is 7. The molecule has 3 aromatic carbocycles. The van der Waals surface area contributed by atoms with E-state index in [0.29, 0.717) is 40.5 Å². The lowest BCUT2D eigenvalue weighted by Gasteiger charge is -2.28. The molecule has 0 amide bonds. The average Bonchev–Trinajstić information content (AvgIpc) is 3.37. The van der Waals surface area contributed by atoms with Crippen LogP contribution in [0.15, 0.2) is 60.9 Å². The van der Waals surface area contributed by atoms with Crippen LogP contribution in [0.3, 0.4) is 0 Å². The van der Waals surface area contributed by atoms with Crippen molar-refractivity contribution >= 4 is 5.65 Å². The van der Waals surface area contributed by atoms with Crippen LogP contribution in [0.5, 0.6) is 34.6 Å². The van der Waals surface area contributed by atoms with Gasteiger partial charge in [-0.2, -0.15) is 0 Å². The summed E-state index contributed by atoms with van der Waals surface area (Å²) in [5, 5.41) is 14.8. The summed E-state index contributed by atoms with van der Waals surface area (Å²) in [6.45, 7) is 6.53. The Morgan fingerprint density at radius 1 is 0.975 bits per heavy atom. The third kappa shape index (κ3) is 4.43. The second-order valence-electron chi connectivity index (χ2n) is 10.1. The van der Waals surface area contributed by atoms with Crippen molar-refractivity contribution in [3.05, 3.63) is 94.6 Å². The number of benzene rings is 3. The molecule has 40 heavy (non-hydrogen) atoms. The van der Waals surface area contributed by atoms with E-state index < -0.39 is 0 Å². The van der Waals surface area contributed by atoms with E-state index in [-0.39, 0.29) is 18.3 Å². The van der Waals surface area contributed by atoms with Gasteiger partial charge in [-0.15, -0.1) is 5.10 Å². The van der Waals surface area contributed by atoms with Crippen molar-refractivity contribution in [2.75, 3.05) is 14.2 Å². The highest BCUT2D eigenvalue weighted by Gasteiger charge is 2.34. The molecule has 1 aliphatic rings. The summed E-state index contributed by atoms with van der Waals surface area (Å²) in [7, 11) is 3.21. The van der Waals surface area contributed by atoms with E-state index in [9.17, 15) is 5.11 Å². The smallest absolute Gasteiger partial charge is 0.228 e. The number of phenols is 1. The van der Waals surface area contributed by atoms with Crippen LogP contribution in [0.2, 0.25) is 0 Å². The van der Waals surface area contributed by atoms with Crippen molar-refractivity contribution in [1.82, 2.24) is 19.6 Å². The molecule has 6 rings (SSSR count). The number of hydrogen-bond donors (Lipinski definition) is 1. The summed E-state index contributed by atoms with van der Waals surface area (Å²) in [4.78, 5) is 9.45. The van der Waals surface area contributed by atoms with Gasteiger partial charge in [0.15, 0.2) is 23.0 Å². The highest BCUT2D eigenvalue weighted by atomic mass is 16.5. The quantitative estimate of drug-likeness (QED) is 0.259. The number of aryl methyl sites for hydroxylation is 1. The zero-order chi connectivity index (χ0) is 28.0. The first-order chi connectivity index (χ1) is 19.4. The second kappa shape index (κ2) is 10.1. The van der Waals surface area contributed by atoms with Crippen molar-refractivity contribution in [1.29, 1.82) is 0 Å². The topological polar surface area (TPSA) is 100 Å². The minimum absolute atomic E-state index is 0.105. The molecule has 0 fully saturated rings. The Balaban J connectivity index is 1.45. The predicted molar refractivity (Wildman–Crippen MR) is 149 cm³/mol. The highest BCUT2D eigenvalue weighted by Crippen LogP contribution is 2.49. The maximum Gasteiger partial charge on any atom is 0.228 e. The summed E-state index contributed by atoms with van der Waals surface area (Å²) < 4.78 is 25.1. The van der Waals surface area contributed by atoms with Gasteiger partial charge in [-0.3, -0.25) is 0 Å². The van der Waals surface area contributed by atoms with Crippen molar-refractivity contribution in [3.8, 4) is 34.6 Å². The Hall–Kier alpha value is -4.79. The lowest BCUT2D eigenvalue weighted by atomic mass is 9.83. The first-order valence-electron chi connectivity index (χ1n) is 13.1.